The van der Waals surface area contributed by atoms with Crippen molar-refractivity contribution >= 4 is 27.3 Å². The van der Waals surface area contributed by atoms with E-state index in [0.717, 1.165) is 6.54 Å². The fourth-order valence-electron chi connectivity index (χ4n) is 2.46. The molecule has 0 aliphatic heterocycles. The van der Waals surface area contributed by atoms with Gasteiger partial charge in [-0.25, -0.2) is 0 Å². The van der Waals surface area contributed by atoms with Crippen LogP contribution in [0.15, 0.2) is 15.2 Å². The predicted molar refractivity (Wildman–Crippen MR) is 65.8 cm³/mol. The summed E-state index contributed by atoms with van der Waals surface area (Å²) in [6.45, 7) is 0.840. The number of halogens is 1. The van der Waals surface area contributed by atoms with Crippen molar-refractivity contribution < 1.29 is 0 Å². The van der Waals surface area contributed by atoms with E-state index in [1.165, 1.54) is 35.7 Å². The van der Waals surface area contributed by atoms with Crippen molar-refractivity contribution in [2.75, 3.05) is 6.54 Å². The van der Waals surface area contributed by atoms with Gasteiger partial charge >= 0.3 is 0 Å². The van der Waals surface area contributed by atoms with Crippen LogP contribution in [0.25, 0.3) is 0 Å². The Kier molecular flexibility index (Phi) is 3.63. The molecular weight excluding hydrogens is 258 g/mol. The van der Waals surface area contributed by atoms with Gasteiger partial charge in [0.15, 0.2) is 0 Å². The van der Waals surface area contributed by atoms with Crippen molar-refractivity contribution in [2.45, 2.75) is 31.6 Å². The first-order valence-electron chi connectivity index (χ1n) is 5.24. The standard InChI is InChI=1S/C11H16BrNS/c12-11-7-14-6-10(11)9-4-2-1-3-8(9)5-13/h6-9H,1-5,13H2. The monoisotopic (exact) mass is 273 g/mol. The van der Waals surface area contributed by atoms with Gasteiger partial charge in [0, 0.05) is 9.85 Å². The normalized spacial score (nSPS) is 27.9. The quantitative estimate of drug-likeness (QED) is 0.873. The molecule has 2 unspecified atom stereocenters. The highest BCUT2D eigenvalue weighted by Gasteiger charge is 2.26. The Morgan fingerprint density at radius 1 is 1.36 bits per heavy atom. The Morgan fingerprint density at radius 2 is 2.14 bits per heavy atom. The molecule has 78 valence electrons. The van der Waals surface area contributed by atoms with Gasteiger partial charge in [-0.05, 0) is 58.1 Å². The van der Waals surface area contributed by atoms with E-state index in [1.54, 1.807) is 11.3 Å². The molecule has 0 saturated heterocycles. The molecule has 1 heterocycles. The third-order valence-corrected chi connectivity index (χ3v) is 5.01. The Morgan fingerprint density at radius 3 is 2.79 bits per heavy atom. The average molecular weight is 274 g/mol. The molecule has 2 N–H and O–H groups in total. The highest BCUT2D eigenvalue weighted by Crippen LogP contribution is 2.41. The molecule has 0 aromatic carbocycles. The molecule has 0 amide bonds. The minimum atomic E-state index is 0.703. The van der Waals surface area contributed by atoms with Gasteiger partial charge in [0.2, 0.25) is 0 Å². The molecule has 2 rings (SSSR count). The van der Waals surface area contributed by atoms with Gasteiger partial charge in [0.25, 0.3) is 0 Å². The molecule has 1 nitrogen and oxygen atoms in total. The maximum absolute atomic E-state index is 5.84. The van der Waals surface area contributed by atoms with Crippen LogP contribution in [0.5, 0.6) is 0 Å². The van der Waals surface area contributed by atoms with Gasteiger partial charge in [-0.3, -0.25) is 0 Å². The summed E-state index contributed by atoms with van der Waals surface area (Å²) in [5.41, 5.74) is 7.33. The maximum atomic E-state index is 5.84. The summed E-state index contributed by atoms with van der Waals surface area (Å²) < 4.78 is 1.29. The number of hydrogen-bond donors (Lipinski definition) is 1. The Bertz CT molecular complexity index is 297. The third kappa shape index (κ3) is 2.05. The molecule has 0 bridgehead atoms. The average Bonchev–Trinajstić information content (AvgIpc) is 2.64. The lowest BCUT2D eigenvalue weighted by molar-refractivity contribution is 0.314. The topological polar surface area (TPSA) is 26.0 Å². The van der Waals surface area contributed by atoms with Gasteiger partial charge in [0.1, 0.15) is 0 Å². The van der Waals surface area contributed by atoms with E-state index in [9.17, 15) is 0 Å². The molecule has 1 aromatic heterocycles. The van der Waals surface area contributed by atoms with Crippen LogP contribution in [0.1, 0.15) is 37.2 Å². The van der Waals surface area contributed by atoms with Crippen molar-refractivity contribution in [3.05, 3.63) is 20.8 Å². The second-order valence-corrected chi connectivity index (χ2v) is 5.66. The SMILES string of the molecule is NCC1CCCCC1c1cscc1Br. The lowest BCUT2D eigenvalue weighted by Gasteiger charge is -2.30. The van der Waals surface area contributed by atoms with E-state index in [-0.39, 0.29) is 0 Å². The van der Waals surface area contributed by atoms with E-state index in [0.29, 0.717) is 11.8 Å². The minimum Gasteiger partial charge on any atom is -0.330 e. The van der Waals surface area contributed by atoms with Crippen molar-refractivity contribution in [3.8, 4) is 0 Å². The summed E-state index contributed by atoms with van der Waals surface area (Å²) in [5.74, 6) is 1.41. The van der Waals surface area contributed by atoms with Crippen LogP contribution in [0.2, 0.25) is 0 Å². The molecule has 0 spiro atoms. The molecule has 1 aliphatic carbocycles. The summed E-state index contributed by atoms with van der Waals surface area (Å²) in [6, 6.07) is 0. The van der Waals surface area contributed by atoms with E-state index in [2.05, 4.69) is 26.7 Å². The summed E-state index contributed by atoms with van der Waals surface area (Å²) >= 11 is 5.41. The van der Waals surface area contributed by atoms with E-state index >= 15 is 0 Å². The molecule has 1 aromatic rings. The van der Waals surface area contributed by atoms with Gasteiger partial charge in [-0.2, -0.15) is 11.3 Å². The molecule has 14 heavy (non-hydrogen) atoms. The fraction of sp³-hybridized carbons (Fsp3) is 0.636. The van der Waals surface area contributed by atoms with Crippen LogP contribution >= 0.6 is 27.3 Å². The highest BCUT2D eigenvalue weighted by atomic mass is 79.9. The number of hydrogen-bond acceptors (Lipinski definition) is 2. The summed E-state index contributed by atoms with van der Waals surface area (Å²) in [6.07, 6.45) is 5.35. The third-order valence-electron chi connectivity index (χ3n) is 3.25. The zero-order valence-electron chi connectivity index (χ0n) is 8.21. The summed E-state index contributed by atoms with van der Waals surface area (Å²) in [7, 11) is 0. The van der Waals surface area contributed by atoms with Crippen LogP contribution < -0.4 is 5.73 Å². The van der Waals surface area contributed by atoms with Gasteiger partial charge in [-0.15, -0.1) is 0 Å². The van der Waals surface area contributed by atoms with Crippen molar-refractivity contribution in [3.63, 3.8) is 0 Å². The summed E-state index contributed by atoms with van der Waals surface area (Å²) in [5, 5.41) is 4.46. The van der Waals surface area contributed by atoms with Crippen LogP contribution in [0.3, 0.4) is 0 Å². The smallest absolute Gasteiger partial charge is 0.0317 e. The van der Waals surface area contributed by atoms with Crippen molar-refractivity contribution in [2.24, 2.45) is 11.7 Å². The number of nitrogens with two attached hydrogens (primary N) is 1. The molecule has 0 radical (unpaired) electrons. The molecule has 1 aliphatic rings. The first-order chi connectivity index (χ1) is 6.83. The van der Waals surface area contributed by atoms with Gasteiger partial charge in [-0.1, -0.05) is 12.8 Å². The zero-order chi connectivity index (χ0) is 9.97. The lowest BCUT2D eigenvalue weighted by Crippen LogP contribution is -2.25. The Balaban J connectivity index is 2.19. The minimum absolute atomic E-state index is 0.703. The number of rotatable bonds is 2. The Labute approximate surface area is 97.8 Å². The van der Waals surface area contributed by atoms with Crippen LogP contribution in [-0.4, -0.2) is 6.54 Å². The van der Waals surface area contributed by atoms with Crippen molar-refractivity contribution in [1.82, 2.24) is 0 Å². The second kappa shape index (κ2) is 4.77. The van der Waals surface area contributed by atoms with E-state index < -0.39 is 0 Å². The lowest BCUT2D eigenvalue weighted by atomic mass is 9.76. The molecular formula is C11H16BrNS. The van der Waals surface area contributed by atoms with E-state index in [1.807, 2.05) is 0 Å². The number of thiophene rings is 1. The fourth-order valence-corrected chi connectivity index (χ4v) is 4.11. The van der Waals surface area contributed by atoms with Gasteiger partial charge < -0.3 is 5.73 Å². The largest absolute Gasteiger partial charge is 0.330 e. The molecule has 2 atom stereocenters. The zero-order valence-corrected chi connectivity index (χ0v) is 10.6. The maximum Gasteiger partial charge on any atom is 0.0317 e. The molecule has 3 heteroatoms. The first-order valence-corrected chi connectivity index (χ1v) is 6.98. The van der Waals surface area contributed by atoms with Crippen LogP contribution in [0.4, 0.5) is 0 Å². The van der Waals surface area contributed by atoms with Gasteiger partial charge in [0.05, 0.1) is 0 Å². The molecule has 1 fully saturated rings. The predicted octanol–water partition coefficient (Wildman–Crippen LogP) is 3.74. The summed E-state index contributed by atoms with van der Waals surface area (Å²) in [4.78, 5) is 0. The molecule has 1 saturated carbocycles. The van der Waals surface area contributed by atoms with Crippen molar-refractivity contribution in [1.29, 1.82) is 0 Å². The van der Waals surface area contributed by atoms with Crippen LogP contribution in [0, 0.1) is 5.92 Å². The van der Waals surface area contributed by atoms with Crippen LogP contribution in [-0.2, 0) is 0 Å². The highest BCUT2D eigenvalue weighted by molar-refractivity contribution is 9.10. The first kappa shape index (κ1) is 10.7. The Hall–Kier alpha value is 0.140. The van der Waals surface area contributed by atoms with E-state index in [4.69, 9.17) is 5.73 Å². The second-order valence-electron chi connectivity index (χ2n) is 4.06.